The van der Waals surface area contributed by atoms with Gasteiger partial charge >= 0.3 is 0 Å². The van der Waals surface area contributed by atoms with Crippen molar-refractivity contribution in [3.8, 4) is 0 Å². The van der Waals surface area contributed by atoms with Crippen LogP contribution in [-0.4, -0.2) is 4.57 Å². The van der Waals surface area contributed by atoms with Gasteiger partial charge in [0.25, 0.3) is 0 Å². The Hall–Kier alpha value is -1.54. The van der Waals surface area contributed by atoms with Crippen molar-refractivity contribution < 1.29 is 0 Å². The SMILES string of the molecule is CCCn1ccc(CNC(c2ccccc2)C(C)(C)C)c1. The highest BCUT2D eigenvalue weighted by Crippen LogP contribution is 2.32. The van der Waals surface area contributed by atoms with Gasteiger partial charge in [-0.15, -0.1) is 0 Å². The van der Waals surface area contributed by atoms with E-state index < -0.39 is 0 Å². The van der Waals surface area contributed by atoms with Crippen molar-refractivity contribution in [1.82, 2.24) is 9.88 Å². The maximum absolute atomic E-state index is 3.73. The summed E-state index contributed by atoms with van der Waals surface area (Å²) >= 11 is 0. The van der Waals surface area contributed by atoms with E-state index in [9.17, 15) is 0 Å². The molecule has 1 unspecified atom stereocenters. The summed E-state index contributed by atoms with van der Waals surface area (Å²) in [5.41, 5.74) is 2.90. The summed E-state index contributed by atoms with van der Waals surface area (Å²) in [4.78, 5) is 0. The van der Waals surface area contributed by atoms with Crippen molar-refractivity contribution in [2.75, 3.05) is 0 Å². The Morgan fingerprint density at radius 1 is 1.10 bits per heavy atom. The number of nitrogens with one attached hydrogen (secondary N) is 1. The van der Waals surface area contributed by atoms with Crippen molar-refractivity contribution in [3.05, 3.63) is 59.9 Å². The van der Waals surface area contributed by atoms with Gasteiger partial charge in [-0.2, -0.15) is 0 Å². The molecule has 0 amide bonds. The number of aryl methyl sites for hydroxylation is 1. The molecule has 21 heavy (non-hydrogen) atoms. The second-order valence-electron chi connectivity index (χ2n) is 6.85. The average Bonchev–Trinajstić information content (AvgIpc) is 2.87. The van der Waals surface area contributed by atoms with E-state index in [1.54, 1.807) is 0 Å². The fourth-order valence-corrected chi connectivity index (χ4v) is 2.78. The average molecular weight is 284 g/mol. The van der Waals surface area contributed by atoms with Gasteiger partial charge < -0.3 is 9.88 Å². The maximum atomic E-state index is 3.73. The number of benzene rings is 1. The van der Waals surface area contributed by atoms with Gasteiger partial charge in [0.15, 0.2) is 0 Å². The van der Waals surface area contributed by atoms with E-state index in [4.69, 9.17) is 0 Å². The van der Waals surface area contributed by atoms with Crippen molar-refractivity contribution in [3.63, 3.8) is 0 Å². The first-order valence-corrected chi connectivity index (χ1v) is 7.93. The van der Waals surface area contributed by atoms with Crippen molar-refractivity contribution in [2.24, 2.45) is 5.41 Å². The molecule has 1 aromatic heterocycles. The Morgan fingerprint density at radius 3 is 2.43 bits per heavy atom. The minimum atomic E-state index is 0.188. The van der Waals surface area contributed by atoms with E-state index in [1.807, 2.05) is 0 Å². The molecule has 0 spiro atoms. The van der Waals surface area contributed by atoms with Crippen molar-refractivity contribution in [2.45, 2.75) is 53.2 Å². The van der Waals surface area contributed by atoms with Gasteiger partial charge in [-0.3, -0.25) is 0 Å². The molecule has 0 saturated heterocycles. The summed E-state index contributed by atoms with van der Waals surface area (Å²) in [5.74, 6) is 0. The van der Waals surface area contributed by atoms with Crippen LogP contribution in [0.1, 0.15) is 51.3 Å². The van der Waals surface area contributed by atoms with Crippen LogP contribution in [0, 0.1) is 5.41 Å². The lowest BCUT2D eigenvalue weighted by Crippen LogP contribution is -2.31. The largest absolute Gasteiger partial charge is 0.354 e. The molecular formula is C19H28N2. The zero-order valence-corrected chi connectivity index (χ0v) is 13.8. The van der Waals surface area contributed by atoms with E-state index in [-0.39, 0.29) is 5.41 Å². The molecule has 1 heterocycles. The van der Waals surface area contributed by atoms with Crippen LogP contribution in [0.4, 0.5) is 0 Å². The van der Waals surface area contributed by atoms with E-state index in [2.05, 4.69) is 86.4 Å². The first kappa shape index (κ1) is 15.8. The standard InChI is InChI=1S/C19H28N2/c1-5-12-21-13-11-16(15-21)14-20-18(19(2,3)4)17-9-7-6-8-10-17/h6-11,13,15,18,20H,5,12,14H2,1-4H3. The van der Waals surface area contributed by atoms with Crippen LogP contribution in [0.2, 0.25) is 0 Å². The minimum Gasteiger partial charge on any atom is -0.354 e. The van der Waals surface area contributed by atoms with Gasteiger partial charge in [0.05, 0.1) is 0 Å². The van der Waals surface area contributed by atoms with Gasteiger partial charge in [-0.25, -0.2) is 0 Å². The normalized spacial score (nSPS) is 13.3. The Bertz CT molecular complexity index is 534. The Labute approximate surface area is 129 Å². The molecule has 2 heteroatoms. The fourth-order valence-electron chi connectivity index (χ4n) is 2.78. The summed E-state index contributed by atoms with van der Waals surface area (Å²) in [5, 5.41) is 3.73. The molecule has 114 valence electrons. The van der Waals surface area contributed by atoms with Crippen LogP contribution in [0.5, 0.6) is 0 Å². The van der Waals surface area contributed by atoms with Crippen molar-refractivity contribution >= 4 is 0 Å². The first-order valence-electron chi connectivity index (χ1n) is 7.93. The van der Waals surface area contributed by atoms with Gasteiger partial charge in [-0.05, 0) is 29.0 Å². The molecule has 2 rings (SSSR count). The van der Waals surface area contributed by atoms with Crippen LogP contribution in [0.25, 0.3) is 0 Å². The molecule has 0 radical (unpaired) electrons. The van der Waals surface area contributed by atoms with Crippen LogP contribution < -0.4 is 5.32 Å². The summed E-state index contributed by atoms with van der Waals surface area (Å²) in [6.07, 6.45) is 5.60. The quantitative estimate of drug-likeness (QED) is 0.808. The summed E-state index contributed by atoms with van der Waals surface area (Å²) in [6.45, 7) is 11.1. The van der Waals surface area contributed by atoms with E-state index in [0.717, 1.165) is 13.1 Å². The predicted molar refractivity (Wildman–Crippen MR) is 90.2 cm³/mol. The zero-order valence-electron chi connectivity index (χ0n) is 13.8. The maximum Gasteiger partial charge on any atom is 0.0372 e. The lowest BCUT2D eigenvalue weighted by molar-refractivity contribution is 0.271. The van der Waals surface area contributed by atoms with Gasteiger partial charge in [0.1, 0.15) is 0 Å². The molecular weight excluding hydrogens is 256 g/mol. The molecule has 0 fully saturated rings. The van der Waals surface area contributed by atoms with E-state index >= 15 is 0 Å². The third-order valence-corrected chi connectivity index (χ3v) is 3.80. The van der Waals surface area contributed by atoms with Crippen LogP contribution in [-0.2, 0) is 13.1 Å². The second kappa shape index (κ2) is 6.95. The topological polar surface area (TPSA) is 17.0 Å². The number of aromatic nitrogens is 1. The lowest BCUT2D eigenvalue weighted by atomic mass is 9.82. The highest BCUT2D eigenvalue weighted by Gasteiger charge is 2.25. The lowest BCUT2D eigenvalue weighted by Gasteiger charge is -2.32. The summed E-state index contributed by atoms with van der Waals surface area (Å²) in [7, 11) is 0. The highest BCUT2D eigenvalue weighted by atomic mass is 15.0. The number of hydrogen-bond donors (Lipinski definition) is 1. The molecule has 0 bridgehead atoms. The molecule has 0 aliphatic carbocycles. The third-order valence-electron chi connectivity index (χ3n) is 3.80. The summed E-state index contributed by atoms with van der Waals surface area (Å²) < 4.78 is 2.27. The van der Waals surface area contributed by atoms with Crippen LogP contribution >= 0.6 is 0 Å². The molecule has 2 nitrogen and oxygen atoms in total. The Balaban J connectivity index is 2.06. The Morgan fingerprint density at radius 2 is 1.81 bits per heavy atom. The molecule has 0 aliphatic heterocycles. The molecule has 0 saturated carbocycles. The number of rotatable bonds is 6. The van der Waals surface area contributed by atoms with Gasteiger partial charge in [0, 0.05) is 31.5 Å². The number of hydrogen-bond acceptors (Lipinski definition) is 1. The first-order chi connectivity index (χ1) is 10.0. The van der Waals surface area contributed by atoms with E-state index in [0.29, 0.717) is 6.04 Å². The monoisotopic (exact) mass is 284 g/mol. The Kier molecular flexibility index (Phi) is 5.24. The predicted octanol–water partition coefficient (Wildman–Crippen LogP) is 4.78. The summed E-state index contributed by atoms with van der Waals surface area (Å²) in [6, 6.07) is 13.3. The fraction of sp³-hybridized carbons (Fsp3) is 0.474. The second-order valence-corrected chi connectivity index (χ2v) is 6.85. The molecule has 0 aliphatic rings. The molecule has 1 aromatic carbocycles. The van der Waals surface area contributed by atoms with Gasteiger partial charge in [0.2, 0.25) is 0 Å². The minimum absolute atomic E-state index is 0.188. The zero-order chi connectivity index (χ0) is 15.3. The third kappa shape index (κ3) is 4.47. The number of nitrogens with zero attached hydrogens (tertiary/aromatic N) is 1. The molecule has 1 atom stereocenters. The van der Waals surface area contributed by atoms with E-state index in [1.165, 1.54) is 17.5 Å². The van der Waals surface area contributed by atoms with Gasteiger partial charge in [-0.1, -0.05) is 58.0 Å². The smallest absolute Gasteiger partial charge is 0.0372 e. The highest BCUT2D eigenvalue weighted by molar-refractivity contribution is 5.21. The molecule has 2 aromatic rings. The van der Waals surface area contributed by atoms with Crippen LogP contribution in [0.15, 0.2) is 48.8 Å². The van der Waals surface area contributed by atoms with Crippen molar-refractivity contribution in [1.29, 1.82) is 0 Å². The molecule has 1 N–H and O–H groups in total. The van der Waals surface area contributed by atoms with Crippen LogP contribution in [0.3, 0.4) is 0 Å².